The van der Waals surface area contributed by atoms with Crippen LogP contribution in [0.3, 0.4) is 0 Å². The molecule has 0 aromatic heterocycles. The lowest BCUT2D eigenvalue weighted by molar-refractivity contribution is 0.312. The highest BCUT2D eigenvalue weighted by Gasteiger charge is 2.28. The average Bonchev–Trinajstić information content (AvgIpc) is 3.42. The lowest BCUT2D eigenvalue weighted by Gasteiger charge is -2.30. The molecular weight excluding hydrogens is 550 g/mol. The highest BCUT2D eigenvalue weighted by Crippen LogP contribution is 2.40. The van der Waals surface area contributed by atoms with Gasteiger partial charge in [0.05, 0.1) is 7.11 Å². The lowest BCUT2D eigenvalue weighted by Crippen LogP contribution is -2.27. The van der Waals surface area contributed by atoms with E-state index >= 15 is 0 Å². The third-order valence-corrected chi connectivity index (χ3v) is 9.11. The third kappa shape index (κ3) is 9.37. The standard InChI is InChI=1S/C39H54F2N2O/c1-38(2,3)35-23-29(24-36(37(35)44-7)39(4,5)6)26-42-25-28-20-22-43(27-28)21-10-8-9-11-34(30-12-16-32(40)17-13-30)31-14-18-33(41)19-15-31/h12-19,23-24,28,34,42H,8-11,20-22,25-27H2,1-7H3. The summed E-state index contributed by atoms with van der Waals surface area (Å²) in [4.78, 5) is 2.62. The van der Waals surface area contributed by atoms with Crippen molar-refractivity contribution in [1.29, 1.82) is 0 Å². The van der Waals surface area contributed by atoms with E-state index in [1.807, 2.05) is 24.3 Å². The van der Waals surface area contributed by atoms with E-state index in [1.165, 1.54) is 60.3 Å². The minimum absolute atomic E-state index is 0.0101. The molecule has 3 aromatic rings. The fourth-order valence-electron chi connectivity index (χ4n) is 6.60. The topological polar surface area (TPSA) is 24.5 Å². The van der Waals surface area contributed by atoms with Crippen molar-refractivity contribution in [3.8, 4) is 5.75 Å². The molecule has 3 aromatic carbocycles. The summed E-state index contributed by atoms with van der Waals surface area (Å²) in [7, 11) is 1.79. The maximum absolute atomic E-state index is 13.5. The number of ether oxygens (including phenoxy) is 1. The molecule has 1 aliphatic heterocycles. The van der Waals surface area contributed by atoms with Crippen molar-refractivity contribution in [1.82, 2.24) is 10.2 Å². The van der Waals surface area contributed by atoms with Crippen LogP contribution in [-0.2, 0) is 17.4 Å². The molecule has 0 spiro atoms. The number of nitrogens with one attached hydrogen (secondary N) is 1. The molecule has 240 valence electrons. The number of unbranched alkanes of at least 4 members (excludes halogenated alkanes) is 2. The molecule has 1 fully saturated rings. The Hall–Kier alpha value is -2.76. The number of hydrogen-bond donors (Lipinski definition) is 1. The first-order valence-electron chi connectivity index (χ1n) is 16.5. The maximum Gasteiger partial charge on any atom is 0.126 e. The van der Waals surface area contributed by atoms with Crippen molar-refractivity contribution in [3.05, 3.63) is 100 Å². The second-order valence-corrected chi connectivity index (χ2v) is 14.8. The lowest BCUT2D eigenvalue weighted by atomic mass is 9.78. The molecule has 4 rings (SSSR count). The molecule has 1 aliphatic rings. The number of methoxy groups -OCH3 is 1. The van der Waals surface area contributed by atoms with Crippen molar-refractivity contribution in [2.24, 2.45) is 5.92 Å². The molecule has 1 N–H and O–H groups in total. The second-order valence-electron chi connectivity index (χ2n) is 14.8. The first-order chi connectivity index (χ1) is 20.8. The molecule has 0 radical (unpaired) electrons. The van der Waals surface area contributed by atoms with Crippen molar-refractivity contribution < 1.29 is 13.5 Å². The fourth-order valence-corrected chi connectivity index (χ4v) is 6.60. The zero-order valence-corrected chi connectivity index (χ0v) is 28.1. The highest BCUT2D eigenvalue weighted by molar-refractivity contribution is 5.51. The van der Waals surface area contributed by atoms with E-state index in [0.29, 0.717) is 5.92 Å². The van der Waals surface area contributed by atoms with Crippen LogP contribution in [0.4, 0.5) is 8.78 Å². The molecule has 1 saturated heterocycles. The number of halogens is 2. The van der Waals surface area contributed by atoms with Gasteiger partial charge in [-0.15, -0.1) is 0 Å². The maximum atomic E-state index is 13.5. The Labute approximate surface area is 265 Å². The van der Waals surface area contributed by atoms with E-state index in [1.54, 1.807) is 7.11 Å². The van der Waals surface area contributed by atoms with E-state index in [9.17, 15) is 8.78 Å². The largest absolute Gasteiger partial charge is 0.496 e. The molecular formula is C39H54F2N2O. The van der Waals surface area contributed by atoms with Gasteiger partial charge in [-0.1, -0.05) is 90.8 Å². The first-order valence-corrected chi connectivity index (χ1v) is 16.5. The van der Waals surface area contributed by atoms with Crippen LogP contribution in [0.1, 0.15) is 107 Å². The Balaban J connectivity index is 1.23. The summed E-state index contributed by atoms with van der Waals surface area (Å²) < 4.78 is 33.0. The Morgan fingerprint density at radius 1 is 0.818 bits per heavy atom. The average molecular weight is 605 g/mol. The fraction of sp³-hybridized carbons (Fsp3) is 0.538. The zero-order valence-electron chi connectivity index (χ0n) is 28.1. The molecule has 44 heavy (non-hydrogen) atoms. The molecule has 1 unspecified atom stereocenters. The summed E-state index contributed by atoms with van der Waals surface area (Å²) in [5.41, 5.74) is 6.08. The molecule has 0 bridgehead atoms. The van der Waals surface area contributed by atoms with Crippen LogP contribution in [0.15, 0.2) is 60.7 Å². The van der Waals surface area contributed by atoms with E-state index in [0.717, 1.165) is 62.3 Å². The summed E-state index contributed by atoms with van der Waals surface area (Å²) in [6, 6.07) is 18.2. The Morgan fingerprint density at radius 3 is 1.86 bits per heavy atom. The number of benzene rings is 3. The second kappa shape index (κ2) is 15.0. The highest BCUT2D eigenvalue weighted by atomic mass is 19.1. The molecule has 3 nitrogen and oxygen atoms in total. The van der Waals surface area contributed by atoms with Gasteiger partial charge in [-0.2, -0.15) is 0 Å². The van der Waals surface area contributed by atoms with Crippen molar-refractivity contribution >= 4 is 0 Å². The van der Waals surface area contributed by atoms with Gasteiger partial charge in [0.2, 0.25) is 0 Å². The normalized spacial score (nSPS) is 16.2. The minimum atomic E-state index is -0.226. The summed E-state index contributed by atoms with van der Waals surface area (Å²) in [6.45, 7) is 18.9. The molecule has 1 atom stereocenters. The third-order valence-electron chi connectivity index (χ3n) is 9.11. The Kier molecular flexibility index (Phi) is 11.6. The number of nitrogens with zero attached hydrogens (tertiary/aromatic N) is 1. The predicted molar refractivity (Wildman–Crippen MR) is 180 cm³/mol. The number of rotatable bonds is 13. The molecule has 5 heteroatoms. The van der Waals surface area contributed by atoms with E-state index in [-0.39, 0.29) is 28.4 Å². The van der Waals surface area contributed by atoms with Crippen LogP contribution in [0.5, 0.6) is 5.75 Å². The van der Waals surface area contributed by atoms with Gasteiger partial charge in [0, 0.05) is 30.1 Å². The van der Waals surface area contributed by atoms with Crippen LogP contribution in [0.2, 0.25) is 0 Å². The van der Waals surface area contributed by atoms with E-state index < -0.39 is 0 Å². The Morgan fingerprint density at radius 2 is 1.36 bits per heavy atom. The van der Waals surface area contributed by atoms with E-state index in [4.69, 9.17) is 4.74 Å². The summed E-state index contributed by atoms with van der Waals surface area (Å²) in [5.74, 6) is 1.41. The predicted octanol–water partition coefficient (Wildman–Crippen LogP) is 9.37. The Bertz CT molecular complexity index is 1240. The zero-order chi connectivity index (χ0) is 31.9. The number of likely N-dealkylation sites (tertiary alicyclic amines) is 1. The van der Waals surface area contributed by atoms with Gasteiger partial charge in [0.15, 0.2) is 0 Å². The van der Waals surface area contributed by atoms with Gasteiger partial charge in [0.25, 0.3) is 0 Å². The van der Waals surface area contributed by atoms with Crippen molar-refractivity contribution in [3.63, 3.8) is 0 Å². The van der Waals surface area contributed by atoms with Crippen LogP contribution in [-0.4, -0.2) is 38.2 Å². The number of hydrogen-bond acceptors (Lipinski definition) is 3. The van der Waals surface area contributed by atoms with Gasteiger partial charge in [-0.05, 0) is 96.6 Å². The molecule has 0 saturated carbocycles. The van der Waals surface area contributed by atoms with Gasteiger partial charge >= 0.3 is 0 Å². The van der Waals surface area contributed by atoms with Crippen molar-refractivity contribution in [2.75, 3.05) is 33.3 Å². The molecule has 1 heterocycles. The molecule has 0 aliphatic carbocycles. The van der Waals surface area contributed by atoms with Gasteiger partial charge in [0.1, 0.15) is 17.4 Å². The smallest absolute Gasteiger partial charge is 0.126 e. The van der Waals surface area contributed by atoms with Gasteiger partial charge < -0.3 is 15.0 Å². The van der Waals surface area contributed by atoms with Gasteiger partial charge in [-0.3, -0.25) is 0 Å². The van der Waals surface area contributed by atoms with Crippen LogP contribution < -0.4 is 10.1 Å². The first kappa shape index (κ1) is 34.1. The van der Waals surface area contributed by atoms with Crippen LogP contribution >= 0.6 is 0 Å². The van der Waals surface area contributed by atoms with Gasteiger partial charge in [-0.25, -0.2) is 8.78 Å². The SMILES string of the molecule is COc1c(C(C)(C)C)cc(CNCC2CCN(CCCCCC(c3ccc(F)cc3)c3ccc(F)cc3)C2)cc1C(C)(C)C. The van der Waals surface area contributed by atoms with Crippen LogP contribution in [0.25, 0.3) is 0 Å². The van der Waals surface area contributed by atoms with E-state index in [2.05, 4.69) is 63.9 Å². The summed E-state index contributed by atoms with van der Waals surface area (Å²) >= 11 is 0. The minimum Gasteiger partial charge on any atom is -0.496 e. The summed E-state index contributed by atoms with van der Waals surface area (Å²) in [6.07, 6.45) is 5.64. The quantitative estimate of drug-likeness (QED) is 0.197. The van der Waals surface area contributed by atoms with Crippen LogP contribution in [0, 0.1) is 17.6 Å². The monoisotopic (exact) mass is 604 g/mol. The molecule has 0 amide bonds. The summed E-state index contributed by atoms with van der Waals surface area (Å²) in [5, 5.41) is 3.77. The van der Waals surface area contributed by atoms with Crippen molar-refractivity contribution in [2.45, 2.75) is 96.9 Å².